The van der Waals surface area contributed by atoms with Gasteiger partial charge in [0, 0.05) is 41.3 Å². The first-order valence-corrected chi connectivity index (χ1v) is 7.98. The third-order valence-corrected chi connectivity index (χ3v) is 4.68. The largest absolute Gasteiger partial charge is 0.468 e. The van der Waals surface area contributed by atoms with E-state index in [0.717, 1.165) is 36.2 Å². The van der Waals surface area contributed by atoms with E-state index >= 15 is 0 Å². The molecule has 0 aliphatic carbocycles. The predicted molar refractivity (Wildman–Crippen MR) is 91.0 cm³/mol. The number of fused-ring (bicyclic) bond motifs is 1. The highest BCUT2D eigenvalue weighted by Gasteiger charge is 2.35. The molecular weight excluding hydrogens is 316 g/mol. The van der Waals surface area contributed by atoms with E-state index < -0.39 is 0 Å². The van der Waals surface area contributed by atoms with Crippen molar-refractivity contribution in [1.29, 1.82) is 0 Å². The van der Waals surface area contributed by atoms with Crippen LogP contribution >= 0.6 is 11.6 Å². The zero-order valence-electron chi connectivity index (χ0n) is 13.6. The first-order chi connectivity index (χ1) is 10.9. The van der Waals surface area contributed by atoms with Gasteiger partial charge in [0.1, 0.15) is 0 Å². The smallest absolute Gasteiger partial charge is 0.319 e. The number of nitrogens with one attached hydrogen (secondary N) is 1. The van der Waals surface area contributed by atoms with Crippen LogP contribution in [0.1, 0.15) is 13.8 Å². The highest BCUT2D eigenvalue weighted by molar-refractivity contribution is 6.31. The average Bonchev–Trinajstić information content (AvgIpc) is 2.96. The zero-order valence-corrected chi connectivity index (χ0v) is 14.4. The molecule has 0 bridgehead atoms. The maximum Gasteiger partial charge on any atom is 0.319 e. The third-order valence-electron chi connectivity index (χ3n) is 4.46. The SMILES string of the molecule is COC(=O)CN1CCN(c2cc(Cl)cc3[nH]ncc23)CC1(C)C. The normalized spacial score (nSPS) is 18.3. The van der Waals surface area contributed by atoms with Crippen LogP contribution in [0.4, 0.5) is 5.69 Å². The molecule has 23 heavy (non-hydrogen) atoms. The second-order valence-electron chi connectivity index (χ2n) is 6.49. The molecular formula is C16H21ClN4O2. The van der Waals surface area contributed by atoms with Gasteiger partial charge in [-0.15, -0.1) is 0 Å². The van der Waals surface area contributed by atoms with Crippen molar-refractivity contribution in [3.05, 3.63) is 23.4 Å². The molecule has 6 nitrogen and oxygen atoms in total. The Labute approximate surface area is 140 Å². The lowest BCUT2D eigenvalue weighted by Gasteiger charge is -2.47. The number of rotatable bonds is 3. The van der Waals surface area contributed by atoms with Crippen molar-refractivity contribution in [2.45, 2.75) is 19.4 Å². The number of benzene rings is 1. The Kier molecular flexibility index (Phi) is 4.21. The van der Waals surface area contributed by atoms with Gasteiger partial charge < -0.3 is 9.64 Å². The number of carbonyl (C=O) groups excluding carboxylic acids is 1. The second kappa shape index (κ2) is 6.02. The lowest BCUT2D eigenvalue weighted by Crippen LogP contribution is -2.60. The van der Waals surface area contributed by atoms with Gasteiger partial charge in [-0.2, -0.15) is 5.10 Å². The van der Waals surface area contributed by atoms with Gasteiger partial charge in [0.15, 0.2) is 0 Å². The number of H-pyrrole nitrogens is 1. The maximum atomic E-state index is 11.6. The van der Waals surface area contributed by atoms with Gasteiger partial charge in [-0.1, -0.05) is 11.6 Å². The van der Waals surface area contributed by atoms with E-state index in [1.807, 2.05) is 18.3 Å². The summed E-state index contributed by atoms with van der Waals surface area (Å²) >= 11 is 6.24. The molecule has 0 atom stereocenters. The van der Waals surface area contributed by atoms with E-state index in [9.17, 15) is 4.79 Å². The van der Waals surface area contributed by atoms with E-state index in [1.165, 1.54) is 7.11 Å². The molecule has 1 aliphatic rings. The van der Waals surface area contributed by atoms with Crippen molar-refractivity contribution < 1.29 is 9.53 Å². The average molecular weight is 337 g/mol. The van der Waals surface area contributed by atoms with Crippen LogP contribution in [-0.4, -0.2) is 59.9 Å². The molecule has 0 amide bonds. The van der Waals surface area contributed by atoms with Crippen LogP contribution in [0, 0.1) is 0 Å². The number of aromatic nitrogens is 2. The number of anilines is 1. The first-order valence-electron chi connectivity index (χ1n) is 7.60. The van der Waals surface area contributed by atoms with Crippen LogP contribution in [0.15, 0.2) is 18.3 Å². The molecule has 1 saturated heterocycles. The summed E-state index contributed by atoms with van der Waals surface area (Å²) in [6.45, 7) is 6.99. The Balaban J connectivity index is 1.86. The Hall–Kier alpha value is -1.79. The number of hydrogen-bond donors (Lipinski definition) is 1. The van der Waals surface area contributed by atoms with E-state index in [0.29, 0.717) is 11.6 Å². The highest BCUT2D eigenvalue weighted by Crippen LogP contribution is 2.33. The number of halogens is 1. The van der Waals surface area contributed by atoms with E-state index in [-0.39, 0.29) is 11.5 Å². The van der Waals surface area contributed by atoms with Gasteiger partial charge in [0.05, 0.1) is 25.4 Å². The third kappa shape index (κ3) is 3.14. The van der Waals surface area contributed by atoms with Crippen molar-refractivity contribution in [3.8, 4) is 0 Å². The molecule has 0 radical (unpaired) electrons. The fourth-order valence-electron chi connectivity index (χ4n) is 3.17. The monoisotopic (exact) mass is 336 g/mol. The van der Waals surface area contributed by atoms with Gasteiger partial charge in [0.25, 0.3) is 0 Å². The minimum atomic E-state index is -0.202. The minimum Gasteiger partial charge on any atom is -0.468 e. The summed E-state index contributed by atoms with van der Waals surface area (Å²) < 4.78 is 4.80. The lowest BCUT2D eigenvalue weighted by molar-refractivity contribution is -0.143. The molecule has 7 heteroatoms. The summed E-state index contributed by atoms with van der Waals surface area (Å²) in [5.41, 5.74) is 1.86. The van der Waals surface area contributed by atoms with Crippen molar-refractivity contribution in [3.63, 3.8) is 0 Å². The molecule has 0 unspecified atom stereocenters. The van der Waals surface area contributed by atoms with E-state index in [4.69, 9.17) is 16.3 Å². The van der Waals surface area contributed by atoms with Gasteiger partial charge in [-0.25, -0.2) is 0 Å². The summed E-state index contributed by atoms with van der Waals surface area (Å²) in [5, 5.41) is 8.84. The number of carbonyl (C=O) groups is 1. The van der Waals surface area contributed by atoms with Crippen LogP contribution in [0.3, 0.4) is 0 Å². The lowest BCUT2D eigenvalue weighted by atomic mass is 9.97. The van der Waals surface area contributed by atoms with Crippen molar-refractivity contribution >= 4 is 34.2 Å². The molecule has 124 valence electrons. The van der Waals surface area contributed by atoms with Gasteiger partial charge >= 0.3 is 5.97 Å². The van der Waals surface area contributed by atoms with Crippen molar-refractivity contribution in [2.75, 3.05) is 38.2 Å². The van der Waals surface area contributed by atoms with E-state index in [1.54, 1.807) is 0 Å². The quantitative estimate of drug-likeness (QED) is 0.871. The summed E-state index contributed by atoms with van der Waals surface area (Å²) in [7, 11) is 1.42. The van der Waals surface area contributed by atoms with Gasteiger partial charge in [-0.05, 0) is 26.0 Å². The van der Waals surface area contributed by atoms with Crippen LogP contribution in [0.2, 0.25) is 5.02 Å². The maximum absolute atomic E-state index is 11.6. The molecule has 1 aromatic carbocycles. The van der Waals surface area contributed by atoms with Crippen LogP contribution < -0.4 is 4.90 Å². The second-order valence-corrected chi connectivity index (χ2v) is 6.92. The Morgan fingerprint density at radius 1 is 1.43 bits per heavy atom. The predicted octanol–water partition coefficient (Wildman–Crippen LogP) is 2.29. The van der Waals surface area contributed by atoms with Crippen molar-refractivity contribution in [1.82, 2.24) is 15.1 Å². The Morgan fingerprint density at radius 2 is 2.22 bits per heavy atom. The van der Waals surface area contributed by atoms with E-state index in [2.05, 4.69) is 33.8 Å². The Bertz CT molecular complexity index is 728. The molecule has 1 aliphatic heterocycles. The number of ether oxygens (including phenoxy) is 1. The fraction of sp³-hybridized carbons (Fsp3) is 0.500. The molecule has 1 fully saturated rings. The molecule has 0 spiro atoms. The summed E-state index contributed by atoms with van der Waals surface area (Å²) in [5.74, 6) is -0.202. The Morgan fingerprint density at radius 3 is 2.91 bits per heavy atom. The number of esters is 1. The standard InChI is InChI=1S/C16H21ClN4O2/c1-16(2)10-20(4-5-21(16)9-15(22)23-3)14-7-11(17)6-13-12(14)8-18-19-13/h6-8H,4-5,9-10H2,1-3H3,(H,18,19). The minimum absolute atomic E-state index is 0.148. The number of methoxy groups -OCH3 is 1. The van der Waals surface area contributed by atoms with Gasteiger partial charge in [0.2, 0.25) is 0 Å². The van der Waals surface area contributed by atoms with Crippen LogP contribution in [-0.2, 0) is 9.53 Å². The van der Waals surface area contributed by atoms with Gasteiger partial charge in [-0.3, -0.25) is 14.8 Å². The first kappa shape index (κ1) is 16.1. The zero-order chi connectivity index (χ0) is 16.6. The molecule has 3 rings (SSSR count). The summed E-state index contributed by atoms with van der Waals surface area (Å²) in [6, 6.07) is 3.86. The molecule has 1 N–H and O–H groups in total. The summed E-state index contributed by atoms with van der Waals surface area (Å²) in [4.78, 5) is 16.1. The fourth-order valence-corrected chi connectivity index (χ4v) is 3.38. The van der Waals surface area contributed by atoms with Crippen molar-refractivity contribution in [2.24, 2.45) is 0 Å². The molecule has 1 aromatic heterocycles. The van der Waals surface area contributed by atoms with Crippen LogP contribution in [0.25, 0.3) is 10.9 Å². The molecule has 0 saturated carbocycles. The summed E-state index contributed by atoms with van der Waals surface area (Å²) in [6.07, 6.45) is 1.83. The molecule has 2 heterocycles. The number of aromatic amines is 1. The number of hydrogen-bond acceptors (Lipinski definition) is 5. The highest BCUT2D eigenvalue weighted by atomic mass is 35.5. The van der Waals surface area contributed by atoms with Crippen LogP contribution in [0.5, 0.6) is 0 Å². The number of nitrogens with zero attached hydrogens (tertiary/aromatic N) is 3. The molecule has 2 aromatic rings. The topological polar surface area (TPSA) is 61.5 Å². The number of piperazine rings is 1.